The Hall–Kier alpha value is -3.28. The number of ether oxygens (including phenoxy) is 4. The van der Waals surface area contributed by atoms with E-state index in [-0.39, 0.29) is 12.6 Å². The molecule has 1 amide bonds. The third-order valence-corrected chi connectivity index (χ3v) is 3.74. The predicted octanol–water partition coefficient (Wildman–Crippen LogP) is -0.474. The summed E-state index contributed by atoms with van der Waals surface area (Å²) < 4.78 is 22.6. The molecule has 0 bridgehead atoms. The fourth-order valence-electron chi connectivity index (χ4n) is 2.79. The number of nitrogens with zero attached hydrogens (tertiary/aromatic N) is 2. The van der Waals surface area contributed by atoms with Crippen LogP contribution < -0.4 is 10.9 Å². The highest BCUT2D eigenvalue weighted by Gasteiger charge is 2.51. The van der Waals surface area contributed by atoms with Gasteiger partial charge in [0.25, 0.3) is 5.56 Å². The first-order chi connectivity index (χ1) is 13.6. The van der Waals surface area contributed by atoms with Crippen molar-refractivity contribution in [3.63, 3.8) is 0 Å². The second-order valence-corrected chi connectivity index (χ2v) is 6.19. The van der Waals surface area contributed by atoms with Crippen molar-refractivity contribution in [3.8, 4) is 0 Å². The van der Waals surface area contributed by atoms with Gasteiger partial charge in [-0.15, -0.1) is 0 Å². The van der Waals surface area contributed by atoms with E-state index in [2.05, 4.69) is 10.3 Å². The first-order valence-electron chi connectivity index (χ1n) is 8.58. The average Bonchev–Trinajstić information content (AvgIpc) is 2.89. The maximum atomic E-state index is 11.6. The molecule has 2 rings (SSSR count). The summed E-state index contributed by atoms with van der Waals surface area (Å²) in [5.41, 5.74) is -0.625. The minimum atomic E-state index is -1.17. The third kappa shape index (κ3) is 5.85. The van der Waals surface area contributed by atoms with E-state index in [1.165, 1.54) is 24.6 Å². The van der Waals surface area contributed by atoms with Gasteiger partial charge in [0.15, 0.2) is 18.4 Å². The summed E-state index contributed by atoms with van der Waals surface area (Å²) >= 11 is 0. The molecule has 4 atom stereocenters. The van der Waals surface area contributed by atoms with Gasteiger partial charge in [-0.05, 0) is 0 Å². The average molecular weight is 411 g/mol. The molecule has 1 aliphatic heterocycles. The highest BCUT2D eigenvalue weighted by molar-refractivity contribution is 5.86. The van der Waals surface area contributed by atoms with Crippen molar-refractivity contribution in [1.82, 2.24) is 9.55 Å². The van der Waals surface area contributed by atoms with E-state index < -0.39 is 53.9 Å². The number of anilines is 1. The lowest BCUT2D eigenvalue weighted by molar-refractivity contribution is -0.166. The SMILES string of the molecule is CC(=O)Nc1nc(=O)ccn1[C@@H]1O[C@H](COC(C)=O)[C@@H](OC(C)=O)[C@@H]1OC(C)=O. The van der Waals surface area contributed by atoms with Crippen molar-refractivity contribution < 1.29 is 38.1 Å². The van der Waals surface area contributed by atoms with Crippen LogP contribution in [0.1, 0.15) is 33.9 Å². The molecule has 0 unspecified atom stereocenters. The molecule has 12 heteroatoms. The highest BCUT2D eigenvalue weighted by Crippen LogP contribution is 2.35. The van der Waals surface area contributed by atoms with Crippen LogP contribution in [0, 0.1) is 0 Å². The Kier molecular flexibility index (Phi) is 7.04. The molecule has 1 aromatic heterocycles. The molecule has 29 heavy (non-hydrogen) atoms. The summed E-state index contributed by atoms with van der Waals surface area (Å²) in [5, 5.41) is 2.38. The normalized spacial score (nSPS) is 23.2. The number of amides is 1. The van der Waals surface area contributed by atoms with Gasteiger partial charge in [0, 0.05) is 40.0 Å². The number of hydrogen-bond acceptors (Lipinski definition) is 10. The number of aromatic nitrogens is 2. The molecule has 1 aliphatic rings. The fraction of sp³-hybridized carbons (Fsp3) is 0.529. The zero-order valence-electron chi connectivity index (χ0n) is 16.2. The Labute approximate surface area is 165 Å². The van der Waals surface area contributed by atoms with Crippen molar-refractivity contribution in [1.29, 1.82) is 0 Å². The Morgan fingerprint density at radius 3 is 2.24 bits per heavy atom. The molecule has 0 aliphatic carbocycles. The van der Waals surface area contributed by atoms with Crippen LogP contribution in [0.2, 0.25) is 0 Å². The van der Waals surface area contributed by atoms with E-state index in [1.807, 2.05) is 0 Å². The topological polar surface area (TPSA) is 152 Å². The van der Waals surface area contributed by atoms with E-state index in [9.17, 15) is 24.0 Å². The summed E-state index contributed by atoms with van der Waals surface area (Å²) in [6.45, 7) is 4.43. The molecule has 0 radical (unpaired) electrons. The molecule has 0 aromatic carbocycles. The number of esters is 3. The summed E-state index contributed by atoms with van der Waals surface area (Å²) in [6.07, 6.45) is -3.14. The number of nitrogens with one attached hydrogen (secondary N) is 1. The number of carbonyl (C=O) groups excluding carboxylic acids is 4. The van der Waals surface area contributed by atoms with Crippen LogP contribution in [-0.2, 0) is 38.1 Å². The van der Waals surface area contributed by atoms with E-state index in [4.69, 9.17) is 18.9 Å². The second-order valence-electron chi connectivity index (χ2n) is 6.19. The highest BCUT2D eigenvalue weighted by atomic mass is 16.7. The molecular weight excluding hydrogens is 390 g/mol. The van der Waals surface area contributed by atoms with Gasteiger partial charge in [0.1, 0.15) is 12.7 Å². The van der Waals surface area contributed by atoms with Crippen LogP contribution in [0.5, 0.6) is 0 Å². The first-order valence-corrected chi connectivity index (χ1v) is 8.58. The van der Waals surface area contributed by atoms with Crippen molar-refractivity contribution >= 4 is 29.8 Å². The summed E-state index contributed by atoms with van der Waals surface area (Å²) in [7, 11) is 0. The Morgan fingerprint density at radius 1 is 1.07 bits per heavy atom. The fourth-order valence-corrected chi connectivity index (χ4v) is 2.79. The maximum Gasteiger partial charge on any atom is 0.303 e. The Bertz CT molecular complexity index is 866. The van der Waals surface area contributed by atoms with Crippen LogP contribution >= 0.6 is 0 Å². The largest absolute Gasteiger partial charge is 0.463 e. The van der Waals surface area contributed by atoms with Gasteiger partial charge in [-0.3, -0.25) is 33.9 Å². The first kappa shape index (κ1) is 22.0. The lowest BCUT2D eigenvalue weighted by Crippen LogP contribution is -2.40. The van der Waals surface area contributed by atoms with E-state index in [0.29, 0.717) is 0 Å². The molecule has 1 N–H and O–H groups in total. The maximum absolute atomic E-state index is 11.6. The van der Waals surface area contributed by atoms with Gasteiger partial charge in [0.2, 0.25) is 11.9 Å². The van der Waals surface area contributed by atoms with Crippen LogP contribution in [0.3, 0.4) is 0 Å². The third-order valence-electron chi connectivity index (χ3n) is 3.74. The van der Waals surface area contributed by atoms with E-state index >= 15 is 0 Å². The van der Waals surface area contributed by atoms with Crippen LogP contribution in [0.4, 0.5) is 5.95 Å². The summed E-state index contributed by atoms with van der Waals surface area (Å²) in [4.78, 5) is 61.2. The van der Waals surface area contributed by atoms with Crippen molar-refractivity contribution in [2.75, 3.05) is 11.9 Å². The summed E-state index contributed by atoms with van der Waals surface area (Å²) in [6, 6.07) is 1.11. The monoisotopic (exact) mass is 411 g/mol. The molecule has 158 valence electrons. The number of rotatable bonds is 6. The van der Waals surface area contributed by atoms with Crippen LogP contribution in [0.25, 0.3) is 0 Å². The van der Waals surface area contributed by atoms with Gasteiger partial charge >= 0.3 is 17.9 Å². The Morgan fingerprint density at radius 2 is 1.69 bits per heavy atom. The lowest BCUT2D eigenvalue weighted by atomic mass is 10.1. The van der Waals surface area contributed by atoms with E-state index in [0.717, 1.165) is 19.9 Å². The minimum absolute atomic E-state index is 0.165. The van der Waals surface area contributed by atoms with Gasteiger partial charge in [-0.25, -0.2) is 0 Å². The van der Waals surface area contributed by atoms with Crippen molar-refractivity contribution in [2.45, 2.75) is 52.2 Å². The molecule has 1 fully saturated rings. The van der Waals surface area contributed by atoms with E-state index in [1.54, 1.807) is 0 Å². The minimum Gasteiger partial charge on any atom is -0.463 e. The predicted molar refractivity (Wildman–Crippen MR) is 94.5 cm³/mol. The van der Waals surface area contributed by atoms with Crippen LogP contribution in [0.15, 0.2) is 17.1 Å². The standard InChI is InChI=1S/C17H21N3O9/c1-8(21)18-17-19-13(25)5-6-20(17)16-15(28-11(4)24)14(27-10(3)23)12(29-16)7-26-9(2)22/h5-6,12,14-16H,7H2,1-4H3,(H,18,19,21,25)/t12-,14-,15+,16-/m1/s1. The van der Waals surface area contributed by atoms with Gasteiger partial charge < -0.3 is 18.9 Å². The molecule has 1 aromatic rings. The van der Waals surface area contributed by atoms with Crippen molar-refractivity contribution in [3.05, 3.63) is 22.6 Å². The summed E-state index contributed by atoms with van der Waals surface area (Å²) in [5.74, 6) is -2.63. The quantitative estimate of drug-likeness (QED) is 0.480. The molecule has 1 saturated heterocycles. The van der Waals surface area contributed by atoms with Gasteiger partial charge in [-0.2, -0.15) is 4.98 Å². The van der Waals surface area contributed by atoms with Crippen molar-refractivity contribution in [2.24, 2.45) is 0 Å². The smallest absolute Gasteiger partial charge is 0.303 e. The molecular formula is C17H21N3O9. The second kappa shape index (κ2) is 9.28. The zero-order valence-corrected chi connectivity index (χ0v) is 16.2. The Balaban J connectivity index is 2.48. The lowest BCUT2D eigenvalue weighted by Gasteiger charge is -2.25. The molecule has 0 spiro atoms. The molecule has 2 heterocycles. The molecule has 0 saturated carbocycles. The number of carbonyl (C=O) groups is 4. The zero-order chi connectivity index (χ0) is 21.7. The number of hydrogen-bond donors (Lipinski definition) is 1. The van der Waals surface area contributed by atoms with Gasteiger partial charge in [0.05, 0.1) is 0 Å². The van der Waals surface area contributed by atoms with Gasteiger partial charge in [-0.1, -0.05) is 0 Å². The van der Waals surface area contributed by atoms with Crippen LogP contribution in [-0.4, -0.2) is 58.3 Å². The molecule has 12 nitrogen and oxygen atoms in total.